The molecule has 0 aliphatic carbocycles. The van der Waals surface area contributed by atoms with Crippen LogP contribution in [0.2, 0.25) is 0 Å². The fourth-order valence-electron chi connectivity index (χ4n) is 3.11. The molecule has 0 atom stereocenters. The number of fused-ring (bicyclic) bond motifs is 3. The van der Waals surface area contributed by atoms with Gasteiger partial charge in [-0.2, -0.15) is 0 Å². The molecule has 3 aromatic rings. The molecule has 2 aromatic carbocycles. The second-order valence-electron chi connectivity index (χ2n) is 5.48. The van der Waals surface area contributed by atoms with Gasteiger partial charge in [-0.25, -0.2) is 0 Å². The molecule has 0 spiro atoms. The highest BCUT2D eigenvalue weighted by molar-refractivity contribution is 8.93. The highest BCUT2D eigenvalue weighted by Crippen LogP contribution is 2.32. The highest BCUT2D eigenvalue weighted by Gasteiger charge is 2.21. The van der Waals surface area contributed by atoms with E-state index in [1.165, 1.54) is 13.8 Å². The fourth-order valence-corrected chi connectivity index (χ4v) is 3.11. The summed E-state index contributed by atoms with van der Waals surface area (Å²) in [7, 11) is 0. The van der Waals surface area contributed by atoms with E-state index in [0.29, 0.717) is 17.5 Å². The zero-order valence-corrected chi connectivity index (χ0v) is 14.8. The van der Waals surface area contributed by atoms with Gasteiger partial charge in [0.05, 0.1) is 11.1 Å². The summed E-state index contributed by atoms with van der Waals surface area (Å²) in [4.78, 5) is 27.6. The number of carbonyl (C=O) groups excluding carboxylic acids is 2. The topological polar surface area (TPSA) is 49.9 Å². The average molecular weight is 372 g/mol. The summed E-state index contributed by atoms with van der Waals surface area (Å²) < 4.78 is 0. The van der Waals surface area contributed by atoms with Crippen molar-refractivity contribution in [1.82, 2.24) is 4.98 Å². The zero-order chi connectivity index (χ0) is 15.9. The van der Waals surface area contributed by atoms with E-state index in [2.05, 4.69) is 11.6 Å². The summed E-state index contributed by atoms with van der Waals surface area (Å²) in [5.41, 5.74) is 3.55. The minimum Gasteiger partial charge on any atom is -0.354 e. The normalized spacial score (nSPS) is 10.5. The average Bonchev–Trinajstić information content (AvgIpc) is 2.84. The summed E-state index contributed by atoms with van der Waals surface area (Å²) in [6.07, 6.45) is 2.32. The van der Waals surface area contributed by atoms with E-state index in [1.807, 2.05) is 30.3 Å². The first-order chi connectivity index (χ1) is 10.5. The minimum absolute atomic E-state index is 0. The molecular weight excluding hydrogens is 354 g/mol. The molecule has 1 N–H and O–H groups in total. The molecule has 0 amide bonds. The van der Waals surface area contributed by atoms with Crippen molar-refractivity contribution in [2.75, 3.05) is 0 Å². The van der Waals surface area contributed by atoms with Crippen LogP contribution in [0.5, 0.6) is 0 Å². The number of hydrogen-bond acceptors (Lipinski definition) is 2. The minimum atomic E-state index is -0.104. The first-order valence-corrected chi connectivity index (χ1v) is 7.23. The molecule has 0 aliphatic rings. The van der Waals surface area contributed by atoms with Gasteiger partial charge < -0.3 is 4.98 Å². The molecule has 0 radical (unpaired) electrons. The third-order valence-electron chi connectivity index (χ3n) is 3.95. The quantitative estimate of drug-likeness (QED) is 0.516. The van der Waals surface area contributed by atoms with E-state index < -0.39 is 0 Å². The van der Waals surface area contributed by atoms with E-state index in [0.717, 1.165) is 27.4 Å². The van der Waals surface area contributed by atoms with Crippen molar-refractivity contribution in [3.63, 3.8) is 0 Å². The van der Waals surface area contributed by atoms with Crippen molar-refractivity contribution >= 4 is 50.4 Å². The number of aromatic nitrogens is 1. The molecule has 0 fully saturated rings. The van der Waals surface area contributed by atoms with Crippen LogP contribution < -0.4 is 0 Å². The summed E-state index contributed by atoms with van der Waals surface area (Å²) in [6, 6.07) is 9.90. The molecule has 118 valence electrons. The second-order valence-corrected chi connectivity index (χ2v) is 5.48. The maximum Gasteiger partial charge on any atom is 0.162 e. The third-order valence-corrected chi connectivity index (χ3v) is 3.95. The Morgan fingerprint density at radius 3 is 2.35 bits per heavy atom. The Hall–Kier alpha value is -2.20. The molecule has 4 heteroatoms. The standard InChI is InChI=1S/C19H17NO2.BrH/c1-4-7-13-10-15-14-8-5-6-9-16(14)20-19(15)18(12(3)22)17(13)11(2)21;/h4-6,8-10,20H,1,7H2,2-3H3;1H. The van der Waals surface area contributed by atoms with Crippen molar-refractivity contribution in [1.29, 1.82) is 0 Å². The largest absolute Gasteiger partial charge is 0.354 e. The number of benzene rings is 2. The number of H-pyrrole nitrogens is 1. The van der Waals surface area contributed by atoms with Crippen LogP contribution >= 0.6 is 17.0 Å². The van der Waals surface area contributed by atoms with Crippen LogP contribution in [0.3, 0.4) is 0 Å². The number of halogens is 1. The summed E-state index contributed by atoms with van der Waals surface area (Å²) in [5.74, 6) is -0.199. The van der Waals surface area contributed by atoms with Gasteiger partial charge in [-0.3, -0.25) is 9.59 Å². The number of para-hydroxylation sites is 1. The molecule has 1 heterocycles. The monoisotopic (exact) mass is 371 g/mol. The maximum absolute atomic E-state index is 12.2. The molecule has 0 saturated heterocycles. The van der Waals surface area contributed by atoms with Gasteiger partial charge in [0.2, 0.25) is 0 Å². The molecule has 0 saturated carbocycles. The summed E-state index contributed by atoms with van der Waals surface area (Å²) in [6.45, 7) is 6.76. The molecule has 0 unspecified atom stereocenters. The molecule has 23 heavy (non-hydrogen) atoms. The van der Waals surface area contributed by atoms with Gasteiger partial charge in [-0.05, 0) is 38.0 Å². The highest BCUT2D eigenvalue weighted by atomic mass is 79.9. The van der Waals surface area contributed by atoms with Gasteiger partial charge in [-0.15, -0.1) is 23.6 Å². The number of nitrogens with one attached hydrogen (secondary N) is 1. The number of hydrogen-bond donors (Lipinski definition) is 1. The number of aromatic amines is 1. The molecule has 3 nitrogen and oxygen atoms in total. The van der Waals surface area contributed by atoms with Crippen molar-refractivity contribution in [2.45, 2.75) is 20.3 Å². The van der Waals surface area contributed by atoms with Crippen LogP contribution in [0.15, 0.2) is 43.0 Å². The maximum atomic E-state index is 12.2. The van der Waals surface area contributed by atoms with E-state index in [-0.39, 0.29) is 28.5 Å². The number of rotatable bonds is 4. The van der Waals surface area contributed by atoms with Crippen molar-refractivity contribution in [3.8, 4) is 0 Å². The van der Waals surface area contributed by atoms with E-state index in [9.17, 15) is 9.59 Å². The van der Waals surface area contributed by atoms with Gasteiger partial charge in [0.25, 0.3) is 0 Å². The summed E-state index contributed by atoms with van der Waals surface area (Å²) in [5, 5.41) is 2.03. The van der Waals surface area contributed by atoms with Crippen molar-refractivity contribution in [2.24, 2.45) is 0 Å². The first kappa shape index (κ1) is 17.2. The fraction of sp³-hybridized carbons (Fsp3) is 0.158. The van der Waals surface area contributed by atoms with Crippen LogP contribution in [-0.4, -0.2) is 16.6 Å². The Morgan fingerprint density at radius 2 is 1.74 bits per heavy atom. The van der Waals surface area contributed by atoms with Crippen LogP contribution in [0.25, 0.3) is 21.8 Å². The molecule has 0 aliphatic heterocycles. The Balaban J connectivity index is 0.00000192. The Labute approximate surface area is 145 Å². The third kappa shape index (κ3) is 2.75. The predicted octanol–water partition coefficient (Wildman–Crippen LogP) is 5.03. The number of allylic oxidation sites excluding steroid dienone is 1. The Kier molecular flexibility index (Phi) is 4.85. The Bertz CT molecular complexity index is 937. The van der Waals surface area contributed by atoms with Crippen molar-refractivity contribution in [3.05, 3.63) is 59.7 Å². The van der Waals surface area contributed by atoms with E-state index in [1.54, 1.807) is 6.08 Å². The van der Waals surface area contributed by atoms with E-state index >= 15 is 0 Å². The summed E-state index contributed by atoms with van der Waals surface area (Å²) >= 11 is 0. The lowest BCUT2D eigenvalue weighted by Crippen LogP contribution is -2.09. The van der Waals surface area contributed by atoms with Gasteiger partial charge in [0.15, 0.2) is 11.6 Å². The van der Waals surface area contributed by atoms with Gasteiger partial charge in [-0.1, -0.05) is 24.3 Å². The second kappa shape index (κ2) is 6.50. The van der Waals surface area contributed by atoms with Gasteiger partial charge >= 0.3 is 0 Å². The zero-order valence-electron chi connectivity index (χ0n) is 13.1. The van der Waals surface area contributed by atoms with Crippen molar-refractivity contribution < 1.29 is 9.59 Å². The lowest BCUT2D eigenvalue weighted by molar-refractivity contribution is 0.0981. The molecule has 0 bridgehead atoms. The van der Waals surface area contributed by atoms with Crippen LogP contribution in [-0.2, 0) is 6.42 Å². The van der Waals surface area contributed by atoms with Crippen LogP contribution in [0, 0.1) is 0 Å². The number of Topliss-reactive ketones (excluding diaryl/α,β-unsaturated/α-hetero) is 2. The predicted molar refractivity (Wildman–Crippen MR) is 100 cm³/mol. The lowest BCUT2D eigenvalue weighted by atomic mass is 9.91. The molecular formula is C19H18BrNO2. The van der Waals surface area contributed by atoms with Crippen LogP contribution in [0.4, 0.5) is 0 Å². The SMILES string of the molecule is Br.C=CCc1cc2c([nH]c3ccccc32)c(C(C)=O)c1C(C)=O. The number of carbonyl (C=O) groups is 2. The lowest BCUT2D eigenvalue weighted by Gasteiger charge is -2.11. The first-order valence-electron chi connectivity index (χ1n) is 7.23. The van der Waals surface area contributed by atoms with E-state index in [4.69, 9.17) is 0 Å². The van der Waals surface area contributed by atoms with Crippen LogP contribution in [0.1, 0.15) is 40.1 Å². The smallest absolute Gasteiger partial charge is 0.162 e. The van der Waals surface area contributed by atoms with Gasteiger partial charge in [0, 0.05) is 21.9 Å². The molecule has 1 aromatic heterocycles. The number of ketones is 2. The van der Waals surface area contributed by atoms with Gasteiger partial charge in [0.1, 0.15) is 0 Å². The Morgan fingerprint density at radius 1 is 1.09 bits per heavy atom. The molecule has 3 rings (SSSR count).